The second-order valence-corrected chi connectivity index (χ2v) is 4.00. The van der Waals surface area contributed by atoms with E-state index in [9.17, 15) is 0 Å². The highest BCUT2D eigenvalue weighted by molar-refractivity contribution is 5.87. The van der Waals surface area contributed by atoms with E-state index in [-0.39, 0.29) is 6.61 Å². The number of pyridine rings is 1. The molecule has 2 heterocycles. The number of benzene rings is 1. The Bertz CT molecular complexity index is 688. The van der Waals surface area contributed by atoms with Gasteiger partial charge in [0.1, 0.15) is 0 Å². The second kappa shape index (κ2) is 4.12. The lowest BCUT2D eigenvalue weighted by Crippen LogP contribution is -1.98. The fourth-order valence-electron chi connectivity index (χ4n) is 1.90. The van der Waals surface area contributed by atoms with Crippen molar-refractivity contribution in [3.05, 3.63) is 48.2 Å². The van der Waals surface area contributed by atoms with Crippen LogP contribution in [0.15, 0.2) is 42.6 Å². The van der Waals surface area contributed by atoms with Gasteiger partial charge < -0.3 is 10.8 Å². The molecule has 0 radical (unpaired) electrons. The highest BCUT2D eigenvalue weighted by Crippen LogP contribution is 2.21. The van der Waals surface area contributed by atoms with Crippen molar-refractivity contribution < 1.29 is 5.11 Å². The van der Waals surface area contributed by atoms with Crippen molar-refractivity contribution in [1.29, 1.82) is 0 Å². The molecule has 0 aliphatic carbocycles. The summed E-state index contributed by atoms with van der Waals surface area (Å²) < 4.78 is 1.70. The number of nitrogen functional groups attached to an aromatic ring is 1. The van der Waals surface area contributed by atoms with Crippen LogP contribution in [0.1, 0.15) is 5.56 Å². The zero-order valence-corrected chi connectivity index (χ0v) is 9.61. The van der Waals surface area contributed by atoms with Gasteiger partial charge in [0.05, 0.1) is 17.7 Å². The van der Waals surface area contributed by atoms with Crippen molar-refractivity contribution in [2.45, 2.75) is 6.61 Å². The molecule has 0 saturated heterocycles. The molecule has 3 N–H and O–H groups in total. The fourth-order valence-corrected chi connectivity index (χ4v) is 1.90. The molecule has 0 aliphatic rings. The highest BCUT2D eigenvalue weighted by Gasteiger charge is 2.09. The maximum atomic E-state index is 9.02. The van der Waals surface area contributed by atoms with Crippen LogP contribution in [0.3, 0.4) is 0 Å². The van der Waals surface area contributed by atoms with Crippen LogP contribution in [0.5, 0.6) is 0 Å². The van der Waals surface area contributed by atoms with E-state index in [1.807, 2.05) is 36.4 Å². The molecule has 5 nitrogen and oxygen atoms in total. The molecule has 90 valence electrons. The van der Waals surface area contributed by atoms with Gasteiger partial charge in [-0.1, -0.05) is 12.1 Å². The fraction of sp³-hybridized carbons (Fsp3) is 0.0769. The van der Waals surface area contributed by atoms with E-state index in [2.05, 4.69) is 10.1 Å². The van der Waals surface area contributed by atoms with Crippen molar-refractivity contribution in [3.8, 4) is 5.69 Å². The summed E-state index contributed by atoms with van der Waals surface area (Å²) in [5.41, 5.74) is 8.31. The summed E-state index contributed by atoms with van der Waals surface area (Å²) in [5, 5.41) is 14.1. The molecule has 0 bridgehead atoms. The number of fused-ring (bicyclic) bond motifs is 1. The summed E-state index contributed by atoms with van der Waals surface area (Å²) in [6.07, 6.45) is 1.71. The first-order chi connectivity index (χ1) is 8.79. The zero-order valence-electron chi connectivity index (χ0n) is 9.61. The lowest BCUT2D eigenvalue weighted by Gasteiger charge is -2.03. The van der Waals surface area contributed by atoms with E-state index < -0.39 is 0 Å². The Balaban J connectivity index is 2.18. The Hall–Kier alpha value is -2.40. The Morgan fingerprint density at radius 2 is 1.94 bits per heavy atom. The van der Waals surface area contributed by atoms with Gasteiger partial charge in [0.15, 0.2) is 11.5 Å². The van der Waals surface area contributed by atoms with Crippen LogP contribution in [-0.4, -0.2) is 19.9 Å². The lowest BCUT2D eigenvalue weighted by molar-refractivity contribution is 0.282. The minimum atomic E-state index is 0.0283. The number of aliphatic hydroxyl groups is 1. The maximum Gasteiger partial charge on any atom is 0.165 e. The summed E-state index contributed by atoms with van der Waals surface area (Å²) in [5.74, 6) is 0.462. The van der Waals surface area contributed by atoms with Crippen LogP contribution in [-0.2, 0) is 6.61 Å². The number of nitrogens with zero attached hydrogens (tertiary/aromatic N) is 3. The van der Waals surface area contributed by atoms with E-state index in [1.165, 1.54) is 0 Å². The molecule has 0 fully saturated rings. The smallest absolute Gasteiger partial charge is 0.165 e. The molecule has 18 heavy (non-hydrogen) atoms. The van der Waals surface area contributed by atoms with Gasteiger partial charge in [-0.25, -0.2) is 9.67 Å². The third-order valence-corrected chi connectivity index (χ3v) is 2.83. The second-order valence-electron chi connectivity index (χ2n) is 4.00. The van der Waals surface area contributed by atoms with Crippen LogP contribution < -0.4 is 5.73 Å². The number of aliphatic hydroxyl groups excluding tert-OH is 1. The number of aromatic nitrogens is 3. The van der Waals surface area contributed by atoms with E-state index in [0.717, 1.165) is 22.3 Å². The van der Waals surface area contributed by atoms with Crippen LogP contribution in [0.2, 0.25) is 0 Å². The van der Waals surface area contributed by atoms with Gasteiger partial charge in [0.25, 0.3) is 0 Å². The third-order valence-electron chi connectivity index (χ3n) is 2.83. The minimum Gasteiger partial charge on any atom is -0.392 e. The van der Waals surface area contributed by atoms with Crippen molar-refractivity contribution in [1.82, 2.24) is 14.8 Å². The van der Waals surface area contributed by atoms with Crippen molar-refractivity contribution in [2.75, 3.05) is 5.73 Å². The molecule has 5 heteroatoms. The average Bonchev–Trinajstić information content (AvgIpc) is 2.77. The molecule has 1 aromatic carbocycles. The minimum absolute atomic E-state index is 0.0283. The predicted octanol–water partition coefficient (Wildman–Crippen LogP) is 1.49. The van der Waals surface area contributed by atoms with Gasteiger partial charge >= 0.3 is 0 Å². The molecule has 0 atom stereocenters. The standard InChI is InChI=1S/C13H12N4O/c14-12-11-2-1-7-15-13(11)17(16-12)10-5-3-9(8-18)4-6-10/h1-7,18H,8H2,(H2,14,16). The van der Waals surface area contributed by atoms with Crippen LogP contribution in [0.25, 0.3) is 16.7 Å². The first kappa shape index (κ1) is 10.7. The monoisotopic (exact) mass is 240 g/mol. The van der Waals surface area contributed by atoms with Gasteiger partial charge in [-0.15, -0.1) is 5.10 Å². The number of hydrogen-bond acceptors (Lipinski definition) is 4. The Labute approximate surface area is 103 Å². The molecule has 0 unspecified atom stereocenters. The van der Waals surface area contributed by atoms with Gasteiger partial charge in [0.2, 0.25) is 0 Å². The topological polar surface area (TPSA) is 77.0 Å². The molecule has 0 saturated carbocycles. The normalized spacial score (nSPS) is 10.9. The Kier molecular flexibility index (Phi) is 2.46. The van der Waals surface area contributed by atoms with Crippen molar-refractivity contribution in [2.24, 2.45) is 0 Å². The first-order valence-corrected chi connectivity index (χ1v) is 5.59. The van der Waals surface area contributed by atoms with E-state index in [4.69, 9.17) is 10.8 Å². The summed E-state index contributed by atoms with van der Waals surface area (Å²) in [4.78, 5) is 4.29. The molecule has 0 spiro atoms. The van der Waals surface area contributed by atoms with Crippen molar-refractivity contribution >= 4 is 16.9 Å². The third kappa shape index (κ3) is 1.61. The van der Waals surface area contributed by atoms with E-state index in [0.29, 0.717) is 5.82 Å². The Morgan fingerprint density at radius 3 is 2.67 bits per heavy atom. The molecule has 3 aromatic rings. The molecular formula is C13H12N4O. The van der Waals surface area contributed by atoms with Crippen LogP contribution >= 0.6 is 0 Å². The van der Waals surface area contributed by atoms with Crippen LogP contribution in [0, 0.1) is 0 Å². The SMILES string of the molecule is Nc1nn(-c2ccc(CO)cc2)c2ncccc12. The average molecular weight is 240 g/mol. The zero-order chi connectivity index (χ0) is 12.5. The van der Waals surface area contributed by atoms with E-state index in [1.54, 1.807) is 10.9 Å². The van der Waals surface area contributed by atoms with Crippen molar-refractivity contribution in [3.63, 3.8) is 0 Å². The molecule has 2 aromatic heterocycles. The molecule has 0 amide bonds. The van der Waals surface area contributed by atoms with E-state index >= 15 is 0 Å². The lowest BCUT2D eigenvalue weighted by atomic mass is 10.2. The summed E-state index contributed by atoms with van der Waals surface area (Å²) in [6.45, 7) is 0.0283. The van der Waals surface area contributed by atoms with Gasteiger partial charge in [-0.3, -0.25) is 0 Å². The number of hydrogen-bond donors (Lipinski definition) is 2. The Morgan fingerprint density at radius 1 is 1.17 bits per heavy atom. The number of nitrogens with two attached hydrogens (primary N) is 1. The van der Waals surface area contributed by atoms with Gasteiger partial charge in [-0.05, 0) is 29.8 Å². The summed E-state index contributed by atoms with van der Waals surface area (Å²) in [7, 11) is 0. The summed E-state index contributed by atoms with van der Waals surface area (Å²) in [6, 6.07) is 11.2. The highest BCUT2D eigenvalue weighted by atomic mass is 16.3. The largest absolute Gasteiger partial charge is 0.392 e. The molecule has 0 aliphatic heterocycles. The quantitative estimate of drug-likeness (QED) is 0.711. The maximum absolute atomic E-state index is 9.02. The number of anilines is 1. The predicted molar refractivity (Wildman–Crippen MR) is 69.2 cm³/mol. The number of rotatable bonds is 2. The van der Waals surface area contributed by atoms with Gasteiger partial charge in [0, 0.05) is 6.20 Å². The van der Waals surface area contributed by atoms with Crippen LogP contribution in [0.4, 0.5) is 5.82 Å². The molecule has 3 rings (SSSR count). The van der Waals surface area contributed by atoms with Gasteiger partial charge in [-0.2, -0.15) is 0 Å². The first-order valence-electron chi connectivity index (χ1n) is 5.59. The summed E-state index contributed by atoms with van der Waals surface area (Å²) >= 11 is 0. The molecular weight excluding hydrogens is 228 g/mol.